The third-order valence-electron chi connectivity index (χ3n) is 4.12. The second kappa shape index (κ2) is 8.29. The molecule has 1 saturated heterocycles. The van der Waals surface area contributed by atoms with E-state index < -0.39 is 41.7 Å². The molecule has 1 amide bonds. The molecule has 0 aromatic heterocycles. The summed E-state index contributed by atoms with van der Waals surface area (Å²) in [5, 5.41) is 2.73. The lowest BCUT2D eigenvalue weighted by Gasteiger charge is -2.27. The molecule has 1 aromatic rings. The Morgan fingerprint density at radius 1 is 1.26 bits per heavy atom. The number of aldehydes is 1. The molecule has 3 atom stereocenters. The van der Waals surface area contributed by atoms with Crippen LogP contribution in [-0.4, -0.2) is 36.2 Å². The van der Waals surface area contributed by atoms with E-state index in [0.29, 0.717) is 24.7 Å². The summed E-state index contributed by atoms with van der Waals surface area (Å²) < 4.78 is 49.0. The van der Waals surface area contributed by atoms with Crippen molar-refractivity contribution in [3.63, 3.8) is 0 Å². The Hall–Kier alpha value is -2.09. The number of carbonyl (C=O) groups is 2. The van der Waals surface area contributed by atoms with Crippen LogP contribution in [-0.2, 0) is 26.9 Å². The van der Waals surface area contributed by atoms with E-state index >= 15 is 0 Å². The van der Waals surface area contributed by atoms with Crippen LogP contribution >= 0.6 is 0 Å². The van der Waals surface area contributed by atoms with E-state index in [2.05, 4.69) is 5.32 Å². The fourth-order valence-corrected chi connectivity index (χ4v) is 2.90. The molecule has 27 heavy (non-hydrogen) atoms. The third-order valence-corrected chi connectivity index (χ3v) is 4.12. The average molecular weight is 387 g/mol. The number of nitrogens with one attached hydrogen (secondary N) is 1. The topological polar surface area (TPSA) is 64.6 Å². The molecule has 1 aliphatic rings. The molecule has 1 fully saturated rings. The van der Waals surface area contributed by atoms with Gasteiger partial charge < -0.3 is 19.6 Å². The average Bonchev–Trinajstić information content (AvgIpc) is 3.01. The fourth-order valence-electron chi connectivity index (χ4n) is 2.90. The number of halogens is 3. The van der Waals surface area contributed by atoms with Gasteiger partial charge in [0, 0.05) is 0 Å². The maximum Gasteiger partial charge on any atom is 0.416 e. The van der Waals surface area contributed by atoms with E-state index in [1.165, 1.54) is 12.1 Å². The van der Waals surface area contributed by atoms with Crippen molar-refractivity contribution in [3.05, 3.63) is 35.4 Å². The van der Waals surface area contributed by atoms with Crippen LogP contribution in [0.4, 0.5) is 18.0 Å². The van der Waals surface area contributed by atoms with Crippen LogP contribution in [0.25, 0.3) is 0 Å². The van der Waals surface area contributed by atoms with Crippen LogP contribution in [0.2, 0.25) is 0 Å². The van der Waals surface area contributed by atoms with Crippen LogP contribution in [0.5, 0.6) is 0 Å². The lowest BCUT2D eigenvalue weighted by molar-refractivity contribution is -0.137. The normalized spacial score (nSPS) is 21.6. The van der Waals surface area contributed by atoms with Gasteiger partial charge in [0.15, 0.2) is 0 Å². The Kier molecular flexibility index (Phi) is 6.51. The van der Waals surface area contributed by atoms with Crippen molar-refractivity contribution in [3.8, 4) is 0 Å². The summed E-state index contributed by atoms with van der Waals surface area (Å²) in [6.07, 6.45) is -3.94. The molecule has 0 bridgehead atoms. The van der Waals surface area contributed by atoms with Crippen molar-refractivity contribution in [2.75, 3.05) is 0 Å². The highest BCUT2D eigenvalue weighted by atomic mass is 19.4. The molecule has 5 nitrogen and oxygen atoms in total. The summed E-state index contributed by atoms with van der Waals surface area (Å²) >= 11 is 0. The molecule has 1 heterocycles. The van der Waals surface area contributed by atoms with Gasteiger partial charge in [-0.25, -0.2) is 4.79 Å². The van der Waals surface area contributed by atoms with Gasteiger partial charge in [-0.2, -0.15) is 13.2 Å². The molecular weight excluding hydrogens is 363 g/mol. The Labute approximate surface area is 156 Å². The fraction of sp³-hybridized carbons (Fsp3) is 0.579. The number of alkyl halides is 3. The second-order valence-electron chi connectivity index (χ2n) is 7.58. The molecule has 150 valence electrons. The highest BCUT2D eigenvalue weighted by Gasteiger charge is 2.34. The molecule has 0 radical (unpaired) electrons. The lowest BCUT2D eigenvalue weighted by atomic mass is 9.98. The zero-order chi connectivity index (χ0) is 20.2. The Bertz CT molecular complexity index is 652. The van der Waals surface area contributed by atoms with E-state index in [4.69, 9.17) is 9.47 Å². The van der Waals surface area contributed by atoms with Crippen molar-refractivity contribution in [2.24, 2.45) is 0 Å². The summed E-state index contributed by atoms with van der Waals surface area (Å²) in [6, 6.07) is 4.23. The van der Waals surface area contributed by atoms with Gasteiger partial charge in [-0.05, 0) is 57.7 Å². The van der Waals surface area contributed by atoms with Gasteiger partial charge in [0.2, 0.25) is 0 Å². The summed E-state index contributed by atoms with van der Waals surface area (Å²) in [7, 11) is 0. The lowest BCUT2D eigenvalue weighted by Crippen LogP contribution is -2.46. The smallest absolute Gasteiger partial charge is 0.416 e. The number of alkyl carbamates (subject to hydrolysis) is 1. The van der Waals surface area contributed by atoms with Crippen LogP contribution in [0.3, 0.4) is 0 Å². The molecule has 8 heteroatoms. The van der Waals surface area contributed by atoms with E-state index in [0.717, 1.165) is 12.1 Å². The number of hydrogen-bond acceptors (Lipinski definition) is 4. The minimum Gasteiger partial charge on any atom is -0.444 e. The minimum atomic E-state index is -4.40. The Morgan fingerprint density at radius 3 is 2.37 bits per heavy atom. The van der Waals surface area contributed by atoms with Gasteiger partial charge in [0.1, 0.15) is 18.0 Å². The van der Waals surface area contributed by atoms with Gasteiger partial charge in [0.05, 0.1) is 17.7 Å². The van der Waals surface area contributed by atoms with E-state index in [1.54, 1.807) is 20.8 Å². The zero-order valence-corrected chi connectivity index (χ0v) is 15.5. The molecule has 1 aromatic carbocycles. The van der Waals surface area contributed by atoms with E-state index in [1.807, 2.05) is 0 Å². The Balaban J connectivity index is 2.12. The minimum absolute atomic E-state index is 0.258. The molecule has 0 aliphatic carbocycles. The zero-order valence-electron chi connectivity index (χ0n) is 15.5. The maximum atomic E-state index is 12.7. The molecule has 0 spiro atoms. The monoisotopic (exact) mass is 387 g/mol. The predicted octanol–water partition coefficient (Wildman–Crippen LogP) is 3.89. The van der Waals surface area contributed by atoms with E-state index in [9.17, 15) is 22.8 Å². The van der Waals surface area contributed by atoms with Gasteiger partial charge in [-0.15, -0.1) is 0 Å². The maximum absolute atomic E-state index is 12.7. The Morgan fingerprint density at radius 2 is 1.89 bits per heavy atom. The van der Waals surface area contributed by atoms with Gasteiger partial charge in [-0.3, -0.25) is 0 Å². The van der Waals surface area contributed by atoms with Crippen molar-refractivity contribution in [2.45, 2.75) is 70.1 Å². The van der Waals surface area contributed by atoms with Crippen molar-refractivity contribution < 1.29 is 32.2 Å². The highest BCUT2D eigenvalue weighted by molar-refractivity contribution is 5.68. The van der Waals surface area contributed by atoms with Gasteiger partial charge in [-0.1, -0.05) is 12.1 Å². The van der Waals surface area contributed by atoms with Gasteiger partial charge >= 0.3 is 12.3 Å². The first-order valence-electron chi connectivity index (χ1n) is 8.74. The van der Waals surface area contributed by atoms with Crippen LogP contribution < -0.4 is 5.32 Å². The van der Waals surface area contributed by atoms with Crippen LogP contribution in [0.15, 0.2) is 24.3 Å². The summed E-state index contributed by atoms with van der Waals surface area (Å²) in [5.74, 6) is 0. The molecular formula is C19H24F3NO4. The number of amides is 1. The second-order valence-corrected chi connectivity index (χ2v) is 7.58. The van der Waals surface area contributed by atoms with Crippen molar-refractivity contribution in [1.82, 2.24) is 5.32 Å². The quantitative estimate of drug-likeness (QED) is 0.779. The van der Waals surface area contributed by atoms with Gasteiger partial charge in [0.25, 0.3) is 0 Å². The number of hydrogen-bond donors (Lipinski definition) is 1. The summed E-state index contributed by atoms with van der Waals surface area (Å²) in [4.78, 5) is 23.1. The summed E-state index contributed by atoms with van der Waals surface area (Å²) in [5.41, 5.74) is -0.812. The molecule has 1 N–H and O–H groups in total. The number of carbonyl (C=O) groups excluding carboxylic acids is 2. The number of benzene rings is 1. The highest BCUT2D eigenvalue weighted by Crippen LogP contribution is 2.30. The number of rotatable bonds is 5. The SMILES string of the molecule is CC(C)(C)OC(=O)N[C@@H](Cc1ccc(C(F)(F)F)cc1)[C@@H]1CCC(C=O)O1. The van der Waals surface area contributed by atoms with Crippen molar-refractivity contribution >= 4 is 12.4 Å². The third kappa shape index (κ3) is 6.53. The first kappa shape index (κ1) is 21.2. The standard InChI is InChI=1S/C19H24F3NO4/c1-18(2,3)27-17(25)23-15(16-9-8-14(11-24)26-16)10-12-4-6-13(7-5-12)19(20,21)22/h4-7,11,14-16H,8-10H2,1-3H3,(H,23,25)/t14?,15-,16-/m0/s1. The largest absolute Gasteiger partial charge is 0.444 e. The molecule has 2 rings (SSSR count). The first-order chi connectivity index (χ1) is 12.5. The van der Waals surface area contributed by atoms with Crippen molar-refractivity contribution in [1.29, 1.82) is 0 Å². The van der Waals surface area contributed by atoms with Crippen LogP contribution in [0, 0.1) is 0 Å². The molecule has 1 aliphatic heterocycles. The molecule has 1 unspecified atom stereocenters. The van der Waals surface area contributed by atoms with Crippen LogP contribution in [0.1, 0.15) is 44.7 Å². The predicted molar refractivity (Wildman–Crippen MR) is 92.3 cm³/mol. The first-order valence-corrected chi connectivity index (χ1v) is 8.74. The molecule has 0 saturated carbocycles. The van der Waals surface area contributed by atoms with E-state index in [-0.39, 0.29) is 6.42 Å². The number of ether oxygens (including phenoxy) is 2. The summed E-state index contributed by atoms with van der Waals surface area (Å²) in [6.45, 7) is 5.18.